The molecular formula is C17H29N3O2. The van der Waals surface area contributed by atoms with Crippen molar-refractivity contribution in [1.29, 1.82) is 0 Å². The molecule has 0 bridgehead atoms. The monoisotopic (exact) mass is 307 g/mol. The predicted octanol–water partition coefficient (Wildman–Crippen LogP) is 2.59. The number of hydrogen-bond donors (Lipinski definition) is 2. The van der Waals surface area contributed by atoms with E-state index in [1.54, 1.807) is 7.11 Å². The molecule has 0 saturated carbocycles. The highest BCUT2D eigenvalue weighted by molar-refractivity contribution is 5.77. The molecule has 5 nitrogen and oxygen atoms in total. The van der Waals surface area contributed by atoms with Crippen LogP contribution in [0, 0.1) is 5.92 Å². The summed E-state index contributed by atoms with van der Waals surface area (Å²) in [4.78, 5) is 4.28. The van der Waals surface area contributed by atoms with E-state index in [-0.39, 0.29) is 0 Å². The van der Waals surface area contributed by atoms with E-state index in [1.165, 1.54) is 5.56 Å². The number of aryl methyl sites for hydroxylation is 1. The van der Waals surface area contributed by atoms with Gasteiger partial charge in [-0.05, 0) is 43.4 Å². The maximum Gasteiger partial charge on any atom is 0.188 e. The maximum atomic E-state index is 5.81. The minimum atomic E-state index is 0.525. The first kappa shape index (κ1) is 18.1. The molecule has 3 N–H and O–H groups in total. The van der Waals surface area contributed by atoms with E-state index < -0.39 is 0 Å². The summed E-state index contributed by atoms with van der Waals surface area (Å²) in [6.07, 6.45) is 1.93. The summed E-state index contributed by atoms with van der Waals surface area (Å²) in [7, 11) is 1.65. The van der Waals surface area contributed by atoms with Crippen molar-refractivity contribution in [1.82, 2.24) is 5.32 Å². The van der Waals surface area contributed by atoms with Crippen LogP contribution in [0.15, 0.2) is 23.2 Å². The van der Waals surface area contributed by atoms with Crippen LogP contribution >= 0.6 is 0 Å². The minimum absolute atomic E-state index is 0.525. The zero-order chi connectivity index (χ0) is 16.4. The highest BCUT2D eigenvalue weighted by atomic mass is 16.5. The molecule has 0 atom stereocenters. The average molecular weight is 307 g/mol. The lowest BCUT2D eigenvalue weighted by molar-refractivity contribution is 0.310. The average Bonchev–Trinajstić information content (AvgIpc) is 2.50. The highest BCUT2D eigenvalue weighted by Gasteiger charge is 2.05. The summed E-state index contributed by atoms with van der Waals surface area (Å²) in [5.74, 6) is 2.62. The molecule has 0 spiro atoms. The van der Waals surface area contributed by atoms with Crippen molar-refractivity contribution in [3.63, 3.8) is 0 Å². The van der Waals surface area contributed by atoms with Crippen molar-refractivity contribution in [2.75, 3.05) is 26.8 Å². The van der Waals surface area contributed by atoms with Crippen molar-refractivity contribution in [3.8, 4) is 11.5 Å². The summed E-state index contributed by atoms with van der Waals surface area (Å²) in [5.41, 5.74) is 7.03. The van der Waals surface area contributed by atoms with Gasteiger partial charge in [0.25, 0.3) is 0 Å². The Kier molecular flexibility index (Phi) is 8.18. The van der Waals surface area contributed by atoms with Crippen LogP contribution in [-0.2, 0) is 6.42 Å². The SMILES string of the molecule is CCOc1cc(CCCNC(N)=NCC(C)C)ccc1OC. The Bertz CT molecular complexity index is 473. The van der Waals surface area contributed by atoms with Gasteiger partial charge in [0, 0.05) is 13.1 Å². The lowest BCUT2D eigenvalue weighted by Gasteiger charge is -2.11. The summed E-state index contributed by atoms with van der Waals surface area (Å²) in [6, 6.07) is 6.06. The molecule has 1 aromatic rings. The van der Waals surface area contributed by atoms with Gasteiger partial charge < -0.3 is 20.5 Å². The van der Waals surface area contributed by atoms with Gasteiger partial charge >= 0.3 is 0 Å². The lowest BCUT2D eigenvalue weighted by Crippen LogP contribution is -2.33. The summed E-state index contributed by atoms with van der Waals surface area (Å²) in [5, 5.41) is 3.14. The van der Waals surface area contributed by atoms with Crippen molar-refractivity contribution in [2.24, 2.45) is 16.6 Å². The Morgan fingerprint density at radius 3 is 2.73 bits per heavy atom. The summed E-state index contributed by atoms with van der Waals surface area (Å²) < 4.78 is 10.9. The third-order valence-corrected chi connectivity index (χ3v) is 3.10. The van der Waals surface area contributed by atoms with E-state index in [1.807, 2.05) is 19.1 Å². The van der Waals surface area contributed by atoms with Crippen molar-refractivity contribution >= 4 is 5.96 Å². The van der Waals surface area contributed by atoms with Gasteiger partial charge in [-0.1, -0.05) is 19.9 Å². The predicted molar refractivity (Wildman–Crippen MR) is 91.8 cm³/mol. The van der Waals surface area contributed by atoms with Crippen LogP contribution in [0.4, 0.5) is 0 Å². The second-order valence-electron chi connectivity index (χ2n) is 5.57. The van der Waals surface area contributed by atoms with E-state index >= 15 is 0 Å². The van der Waals surface area contributed by atoms with Gasteiger partial charge in [0.05, 0.1) is 13.7 Å². The standard InChI is InChI=1S/C17H29N3O2/c1-5-22-16-11-14(8-9-15(16)21-4)7-6-10-19-17(18)20-12-13(2)3/h8-9,11,13H,5-7,10,12H2,1-4H3,(H3,18,19,20). The molecule has 0 amide bonds. The Labute approximate surface area is 133 Å². The van der Waals surface area contributed by atoms with E-state index in [0.717, 1.165) is 37.4 Å². The van der Waals surface area contributed by atoms with Crippen LogP contribution in [0.1, 0.15) is 32.8 Å². The van der Waals surface area contributed by atoms with Crippen LogP contribution in [0.5, 0.6) is 11.5 Å². The largest absolute Gasteiger partial charge is 0.493 e. The first-order valence-corrected chi connectivity index (χ1v) is 7.90. The van der Waals surface area contributed by atoms with Gasteiger partial charge in [-0.2, -0.15) is 0 Å². The molecule has 1 rings (SSSR count). The molecule has 0 radical (unpaired) electrons. The Hall–Kier alpha value is -1.91. The summed E-state index contributed by atoms with van der Waals surface area (Å²) >= 11 is 0. The number of rotatable bonds is 9. The number of hydrogen-bond acceptors (Lipinski definition) is 3. The van der Waals surface area contributed by atoms with E-state index in [4.69, 9.17) is 15.2 Å². The van der Waals surface area contributed by atoms with Crippen LogP contribution in [0.3, 0.4) is 0 Å². The number of benzene rings is 1. The van der Waals surface area contributed by atoms with Crippen LogP contribution < -0.4 is 20.5 Å². The van der Waals surface area contributed by atoms with Crippen LogP contribution in [0.2, 0.25) is 0 Å². The zero-order valence-electron chi connectivity index (χ0n) is 14.2. The van der Waals surface area contributed by atoms with Crippen LogP contribution in [0.25, 0.3) is 0 Å². The molecule has 0 heterocycles. The molecule has 0 aliphatic rings. The van der Waals surface area contributed by atoms with Gasteiger partial charge in [-0.25, -0.2) is 0 Å². The first-order valence-electron chi connectivity index (χ1n) is 7.90. The number of nitrogens with one attached hydrogen (secondary N) is 1. The number of aliphatic imine (C=N–C) groups is 1. The fraction of sp³-hybridized carbons (Fsp3) is 0.588. The lowest BCUT2D eigenvalue weighted by atomic mass is 10.1. The third-order valence-electron chi connectivity index (χ3n) is 3.10. The fourth-order valence-electron chi connectivity index (χ4n) is 1.99. The summed E-state index contributed by atoms with van der Waals surface area (Å²) in [6.45, 7) is 8.41. The molecule has 0 fully saturated rings. The molecule has 1 aromatic carbocycles. The van der Waals surface area contributed by atoms with Crippen molar-refractivity contribution in [2.45, 2.75) is 33.6 Å². The van der Waals surface area contributed by atoms with Gasteiger partial charge in [0.2, 0.25) is 0 Å². The zero-order valence-corrected chi connectivity index (χ0v) is 14.2. The fourth-order valence-corrected chi connectivity index (χ4v) is 1.99. The molecule has 0 unspecified atom stereocenters. The van der Waals surface area contributed by atoms with E-state index in [9.17, 15) is 0 Å². The molecule has 0 saturated heterocycles. The van der Waals surface area contributed by atoms with Gasteiger partial charge in [-0.3, -0.25) is 4.99 Å². The molecule has 5 heteroatoms. The Balaban J connectivity index is 2.41. The quantitative estimate of drug-likeness (QED) is 0.418. The topological polar surface area (TPSA) is 68.9 Å². The van der Waals surface area contributed by atoms with E-state index in [0.29, 0.717) is 18.5 Å². The minimum Gasteiger partial charge on any atom is -0.493 e. The molecule has 0 aliphatic carbocycles. The number of guanidine groups is 1. The van der Waals surface area contributed by atoms with E-state index in [2.05, 4.69) is 30.2 Å². The number of methoxy groups -OCH3 is 1. The van der Waals surface area contributed by atoms with Gasteiger partial charge in [0.1, 0.15) is 0 Å². The van der Waals surface area contributed by atoms with Crippen molar-refractivity contribution in [3.05, 3.63) is 23.8 Å². The second kappa shape index (κ2) is 9.92. The third kappa shape index (κ3) is 6.70. The van der Waals surface area contributed by atoms with Gasteiger partial charge in [-0.15, -0.1) is 0 Å². The maximum absolute atomic E-state index is 5.81. The smallest absolute Gasteiger partial charge is 0.188 e. The molecule has 124 valence electrons. The van der Waals surface area contributed by atoms with Crippen LogP contribution in [-0.4, -0.2) is 32.8 Å². The molecule has 0 aromatic heterocycles. The second-order valence-corrected chi connectivity index (χ2v) is 5.57. The molecule has 0 aliphatic heterocycles. The normalized spacial score (nSPS) is 11.6. The van der Waals surface area contributed by atoms with Crippen molar-refractivity contribution < 1.29 is 9.47 Å². The highest BCUT2D eigenvalue weighted by Crippen LogP contribution is 2.28. The Morgan fingerprint density at radius 2 is 2.09 bits per heavy atom. The first-order chi connectivity index (χ1) is 10.6. The number of nitrogens with zero attached hydrogens (tertiary/aromatic N) is 1. The molecular weight excluding hydrogens is 278 g/mol. The molecule has 22 heavy (non-hydrogen) atoms. The Morgan fingerprint density at radius 1 is 1.32 bits per heavy atom. The number of nitrogens with two attached hydrogens (primary N) is 1. The number of ether oxygens (including phenoxy) is 2. The van der Waals surface area contributed by atoms with Gasteiger partial charge in [0.15, 0.2) is 17.5 Å².